The molecule has 0 aromatic rings. The van der Waals surface area contributed by atoms with Gasteiger partial charge in [0, 0.05) is 32.1 Å². The standard InChI is InChI=1S/C12H23N3O5S/c1-21(19,20)14-9-10-5-2-3-8-15(10)12(18)13-7-4-6-11(16)17/h10,14H,2-9H2,1H3,(H,13,18)(H,16,17). The zero-order valence-corrected chi connectivity index (χ0v) is 13.0. The largest absolute Gasteiger partial charge is 0.481 e. The lowest BCUT2D eigenvalue weighted by molar-refractivity contribution is -0.137. The second kappa shape index (κ2) is 8.18. The summed E-state index contributed by atoms with van der Waals surface area (Å²) in [6, 6.07) is -0.423. The summed E-state index contributed by atoms with van der Waals surface area (Å²) in [6.07, 6.45) is 4.08. The minimum atomic E-state index is -3.28. The normalized spacial score (nSPS) is 19.3. The van der Waals surface area contributed by atoms with E-state index in [0.29, 0.717) is 19.5 Å². The van der Waals surface area contributed by atoms with Crippen LogP contribution in [-0.4, -0.2) is 62.4 Å². The van der Waals surface area contributed by atoms with Gasteiger partial charge in [0.25, 0.3) is 0 Å². The Bertz CT molecular complexity index is 466. The number of nitrogens with zero attached hydrogens (tertiary/aromatic N) is 1. The maximum atomic E-state index is 12.1. The molecular formula is C12H23N3O5S. The smallest absolute Gasteiger partial charge is 0.317 e. The molecule has 21 heavy (non-hydrogen) atoms. The Morgan fingerprint density at radius 2 is 2.05 bits per heavy atom. The molecule has 0 aliphatic carbocycles. The van der Waals surface area contributed by atoms with Crippen molar-refractivity contribution in [3.63, 3.8) is 0 Å². The monoisotopic (exact) mass is 321 g/mol. The van der Waals surface area contributed by atoms with Crippen molar-refractivity contribution >= 4 is 22.0 Å². The zero-order valence-electron chi connectivity index (χ0n) is 12.2. The third-order valence-electron chi connectivity index (χ3n) is 3.31. The summed E-state index contributed by atoms with van der Waals surface area (Å²) in [7, 11) is -3.28. The number of hydrogen-bond donors (Lipinski definition) is 3. The number of likely N-dealkylation sites (tertiary alicyclic amines) is 1. The Labute approximate surface area is 124 Å². The van der Waals surface area contributed by atoms with Gasteiger partial charge in [0.1, 0.15) is 0 Å². The number of carbonyl (C=O) groups excluding carboxylic acids is 1. The van der Waals surface area contributed by atoms with Crippen molar-refractivity contribution < 1.29 is 23.1 Å². The number of carbonyl (C=O) groups is 2. The van der Waals surface area contributed by atoms with Crippen LogP contribution in [-0.2, 0) is 14.8 Å². The van der Waals surface area contributed by atoms with Crippen LogP contribution < -0.4 is 10.0 Å². The molecule has 2 amide bonds. The number of sulfonamides is 1. The molecule has 122 valence electrons. The van der Waals surface area contributed by atoms with Gasteiger partial charge in [0.2, 0.25) is 10.0 Å². The van der Waals surface area contributed by atoms with Gasteiger partial charge < -0.3 is 15.3 Å². The van der Waals surface area contributed by atoms with Gasteiger partial charge in [-0.25, -0.2) is 17.9 Å². The highest BCUT2D eigenvalue weighted by molar-refractivity contribution is 7.88. The van der Waals surface area contributed by atoms with E-state index in [1.54, 1.807) is 4.90 Å². The number of hydrogen-bond acceptors (Lipinski definition) is 4. The summed E-state index contributed by atoms with van der Waals surface area (Å²) in [5.74, 6) is -0.891. The molecule has 0 saturated carbocycles. The van der Waals surface area contributed by atoms with Gasteiger partial charge in [0.15, 0.2) is 0 Å². The van der Waals surface area contributed by atoms with Gasteiger partial charge in [-0.15, -0.1) is 0 Å². The number of aliphatic carboxylic acids is 1. The van der Waals surface area contributed by atoms with Crippen LogP contribution in [0.3, 0.4) is 0 Å². The third kappa shape index (κ3) is 7.28. The fraction of sp³-hybridized carbons (Fsp3) is 0.833. The van der Waals surface area contributed by atoms with Crippen LogP contribution in [0.5, 0.6) is 0 Å². The van der Waals surface area contributed by atoms with E-state index in [1.807, 2.05) is 0 Å². The van der Waals surface area contributed by atoms with Crippen LogP contribution in [0.25, 0.3) is 0 Å². The first-order chi connectivity index (χ1) is 9.79. The molecule has 0 aromatic heterocycles. The van der Waals surface area contributed by atoms with E-state index in [4.69, 9.17) is 5.11 Å². The number of piperidine rings is 1. The number of carboxylic acids is 1. The maximum absolute atomic E-state index is 12.1. The quantitative estimate of drug-likeness (QED) is 0.569. The molecule has 1 fully saturated rings. The second-order valence-electron chi connectivity index (χ2n) is 5.19. The van der Waals surface area contributed by atoms with Gasteiger partial charge in [-0.05, 0) is 25.7 Å². The third-order valence-corrected chi connectivity index (χ3v) is 4.00. The molecule has 1 saturated heterocycles. The SMILES string of the molecule is CS(=O)(=O)NCC1CCCCN1C(=O)NCCCC(=O)O. The van der Waals surface area contributed by atoms with Crippen LogP contribution in [0, 0.1) is 0 Å². The molecule has 8 nitrogen and oxygen atoms in total. The van der Waals surface area contributed by atoms with Crippen molar-refractivity contribution in [3.8, 4) is 0 Å². The first kappa shape index (κ1) is 17.7. The van der Waals surface area contributed by atoms with Gasteiger partial charge in [-0.2, -0.15) is 0 Å². The van der Waals surface area contributed by atoms with Crippen LogP contribution >= 0.6 is 0 Å². The lowest BCUT2D eigenvalue weighted by atomic mass is 10.0. The van der Waals surface area contributed by atoms with Gasteiger partial charge in [-0.1, -0.05) is 0 Å². The number of nitrogens with one attached hydrogen (secondary N) is 2. The Morgan fingerprint density at radius 3 is 2.67 bits per heavy atom. The lowest BCUT2D eigenvalue weighted by Crippen LogP contribution is -2.52. The zero-order chi connectivity index (χ0) is 15.9. The van der Waals surface area contributed by atoms with Crippen LogP contribution in [0.1, 0.15) is 32.1 Å². The average Bonchev–Trinajstić information content (AvgIpc) is 2.40. The predicted molar refractivity (Wildman–Crippen MR) is 77.5 cm³/mol. The molecule has 0 radical (unpaired) electrons. The highest BCUT2D eigenvalue weighted by atomic mass is 32.2. The van der Waals surface area contributed by atoms with Crippen molar-refractivity contribution in [2.45, 2.75) is 38.1 Å². The Hall–Kier alpha value is -1.35. The van der Waals surface area contributed by atoms with Crippen molar-refractivity contribution in [1.82, 2.24) is 14.9 Å². The van der Waals surface area contributed by atoms with Crippen LogP contribution in [0.15, 0.2) is 0 Å². The molecule has 1 atom stereocenters. The summed E-state index contributed by atoms with van der Waals surface area (Å²) >= 11 is 0. The minimum Gasteiger partial charge on any atom is -0.481 e. The second-order valence-corrected chi connectivity index (χ2v) is 7.03. The summed E-state index contributed by atoms with van der Waals surface area (Å²) in [4.78, 5) is 24.1. The number of carboxylic acid groups (broad SMARTS) is 1. The van der Waals surface area contributed by atoms with Gasteiger partial charge in [-0.3, -0.25) is 4.79 Å². The van der Waals surface area contributed by atoms with E-state index >= 15 is 0 Å². The van der Waals surface area contributed by atoms with E-state index < -0.39 is 16.0 Å². The van der Waals surface area contributed by atoms with Crippen molar-refractivity contribution in [2.24, 2.45) is 0 Å². The minimum absolute atomic E-state index is 0.0132. The Balaban J connectivity index is 2.44. The number of urea groups is 1. The molecular weight excluding hydrogens is 298 g/mol. The number of rotatable bonds is 7. The van der Waals surface area contributed by atoms with E-state index in [2.05, 4.69) is 10.0 Å². The summed E-state index contributed by atoms with van der Waals surface area (Å²) in [6.45, 7) is 1.09. The Kier molecular flexibility index (Phi) is 6.90. The fourth-order valence-electron chi connectivity index (χ4n) is 2.26. The highest BCUT2D eigenvalue weighted by Gasteiger charge is 2.26. The maximum Gasteiger partial charge on any atom is 0.317 e. The molecule has 1 rings (SSSR count). The molecule has 0 aromatic carbocycles. The fourth-order valence-corrected chi connectivity index (χ4v) is 2.76. The summed E-state index contributed by atoms with van der Waals surface area (Å²) < 4.78 is 24.7. The molecule has 3 N–H and O–H groups in total. The molecule has 1 unspecified atom stereocenters. The Morgan fingerprint density at radius 1 is 1.33 bits per heavy atom. The van der Waals surface area contributed by atoms with Gasteiger partial charge in [0.05, 0.1) is 6.26 Å². The first-order valence-electron chi connectivity index (χ1n) is 7.00. The van der Waals surface area contributed by atoms with E-state index in [-0.39, 0.29) is 25.0 Å². The molecule has 0 spiro atoms. The van der Waals surface area contributed by atoms with Crippen molar-refractivity contribution in [1.29, 1.82) is 0 Å². The molecule has 0 bridgehead atoms. The summed E-state index contributed by atoms with van der Waals surface area (Å²) in [5.41, 5.74) is 0. The predicted octanol–water partition coefficient (Wildman–Crippen LogP) is -0.0355. The first-order valence-corrected chi connectivity index (χ1v) is 8.89. The molecule has 1 heterocycles. The topological polar surface area (TPSA) is 116 Å². The van der Waals surface area contributed by atoms with Crippen molar-refractivity contribution in [3.05, 3.63) is 0 Å². The van der Waals surface area contributed by atoms with E-state index in [9.17, 15) is 18.0 Å². The van der Waals surface area contributed by atoms with Crippen molar-refractivity contribution in [2.75, 3.05) is 25.9 Å². The average molecular weight is 321 g/mol. The van der Waals surface area contributed by atoms with Crippen LogP contribution in [0.4, 0.5) is 4.79 Å². The molecule has 1 aliphatic heterocycles. The lowest BCUT2D eigenvalue weighted by Gasteiger charge is -2.35. The van der Waals surface area contributed by atoms with E-state index in [0.717, 1.165) is 25.5 Å². The molecule has 1 aliphatic rings. The van der Waals surface area contributed by atoms with Gasteiger partial charge >= 0.3 is 12.0 Å². The van der Waals surface area contributed by atoms with E-state index in [1.165, 1.54) is 0 Å². The number of amides is 2. The molecule has 9 heteroatoms. The van der Waals surface area contributed by atoms with Crippen LogP contribution in [0.2, 0.25) is 0 Å². The summed E-state index contributed by atoms with van der Waals surface area (Å²) in [5, 5.41) is 11.2. The highest BCUT2D eigenvalue weighted by Crippen LogP contribution is 2.16.